The number of ether oxygens (including phenoxy) is 1. The average Bonchev–Trinajstić information content (AvgIpc) is 2.73. The quantitative estimate of drug-likeness (QED) is 0.716. The molecule has 0 bridgehead atoms. The first kappa shape index (κ1) is 17.5. The van der Waals surface area contributed by atoms with Crippen LogP contribution in [0.3, 0.4) is 0 Å². The molecule has 2 aromatic carbocycles. The Morgan fingerprint density at radius 3 is 2.33 bits per heavy atom. The standard InChI is InChI=1S/C22H23N3O2/c1-27-21-15-19-5-3-2-4-18(19)14-20(21)22(26)25-12-10-24(11-13-25)16-17-6-8-23-9-7-17/h2-9,14-15H,10-13,16H2,1H3. The molecule has 27 heavy (non-hydrogen) atoms. The van der Waals surface area contributed by atoms with Gasteiger partial charge in [0.2, 0.25) is 0 Å². The van der Waals surface area contributed by atoms with E-state index in [-0.39, 0.29) is 5.91 Å². The summed E-state index contributed by atoms with van der Waals surface area (Å²) >= 11 is 0. The zero-order valence-corrected chi connectivity index (χ0v) is 15.5. The summed E-state index contributed by atoms with van der Waals surface area (Å²) in [6.45, 7) is 4.07. The molecule has 5 heteroatoms. The number of hydrogen-bond acceptors (Lipinski definition) is 4. The van der Waals surface area contributed by atoms with Crippen molar-refractivity contribution in [3.8, 4) is 5.75 Å². The Morgan fingerprint density at radius 2 is 1.67 bits per heavy atom. The molecular weight excluding hydrogens is 338 g/mol. The van der Waals surface area contributed by atoms with Crippen LogP contribution < -0.4 is 4.74 Å². The van der Waals surface area contributed by atoms with Crippen LogP contribution in [0, 0.1) is 0 Å². The fourth-order valence-electron chi connectivity index (χ4n) is 3.58. The van der Waals surface area contributed by atoms with Gasteiger partial charge in [0.05, 0.1) is 12.7 Å². The number of aromatic nitrogens is 1. The Labute approximate surface area is 159 Å². The summed E-state index contributed by atoms with van der Waals surface area (Å²) in [5, 5.41) is 2.13. The molecule has 0 atom stereocenters. The Bertz CT molecular complexity index is 935. The average molecular weight is 361 g/mol. The maximum absolute atomic E-state index is 13.1. The van der Waals surface area contributed by atoms with Gasteiger partial charge in [-0.05, 0) is 40.6 Å². The Balaban J connectivity index is 1.47. The molecule has 138 valence electrons. The highest BCUT2D eigenvalue weighted by Gasteiger charge is 2.24. The fourth-order valence-corrected chi connectivity index (χ4v) is 3.58. The van der Waals surface area contributed by atoms with E-state index in [1.807, 2.05) is 65.8 Å². The van der Waals surface area contributed by atoms with Crippen LogP contribution in [0.2, 0.25) is 0 Å². The first-order valence-electron chi connectivity index (χ1n) is 9.22. The maximum Gasteiger partial charge on any atom is 0.257 e. The molecule has 2 heterocycles. The van der Waals surface area contributed by atoms with Crippen molar-refractivity contribution in [2.75, 3.05) is 33.3 Å². The van der Waals surface area contributed by atoms with Crippen LogP contribution in [0.1, 0.15) is 15.9 Å². The van der Waals surface area contributed by atoms with E-state index in [1.54, 1.807) is 7.11 Å². The molecule has 1 aromatic heterocycles. The summed E-state index contributed by atoms with van der Waals surface area (Å²) in [7, 11) is 1.62. The van der Waals surface area contributed by atoms with E-state index in [1.165, 1.54) is 5.56 Å². The lowest BCUT2D eigenvalue weighted by Crippen LogP contribution is -2.48. The molecule has 0 N–H and O–H groups in total. The molecule has 4 rings (SSSR count). The number of carbonyl (C=O) groups excluding carboxylic acids is 1. The van der Waals surface area contributed by atoms with Gasteiger partial charge in [-0.25, -0.2) is 0 Å². The highest BCUT2D eigenvalue weighted by molar-refractivity contribution is 6.01. The van der Waals surface area contributed by atoms with Crippen molar-refractivity contribution >= 4 is 16.7 Å². The van der Waals surface area contributed by atoms with Crippen LogP contribution in [0.4, 0.5) is 0 Å². The third-order valence-corrected chi connectivity index (χ3v) is 5.11. The van der Waals surface area contributed by atoms with Crippen LogP contribution in [-0.4, -0.2) is 54.0 Å². The van der Waals surface area contributed by atoms with Gasteiger partial charge in [-0.2, -0.15) is 0 Å². The van der Waals surface area contributed by atoms with Gasteiger partial charge >= 0.3 is 0 Å². The van der Waals surface area contributed by atoms with Crippen LogP contribution >= 0.6 is 0 Å². The first-order valence-corrected chi connectivity index (χ1v) is 9.22. The largest absolute Gasteiger partial charge is 0.496 e. The van der Waals surface area contributed by atoms with Crippen molar-refractivity contribution in [2.45, 2.75) is 6.54 Å². The SMILES string of the molecule is COc1cc2ccccc2cc1C(=O)N1CCN(Cc2ccncc2)CC1. The second-order valence-electron chi connectivity index (χ2n) is 6.82. The first-order chi connectivity index (χ1) is 13.2. The molecule has 0 spiro atoms. The van der Waals surface area contributed by atoms with E-state index in [4.69, 9.17) is 4.74 Å². The number of amides is 1. The number of methoxy groups -OCH3 is 1. The van der Waals surface area contributed by atoms with E-state index in [0.29, 0.717) is 11.3 Å². The van der Waals surface area contributed by atoms with Gasteiger partial charge in [-0.1, -0.05) is 24.3 Å². The summed E-state index contributed by atoms with van der Waals surface area (Å²) in [6.07, 6.45) is 3.64. The number of carbonyl (C=O) groups is 1. The smallest absolute Gasteiger partial charge is 0.257 e. The molecule has 3 aromatic rings. The van der Waals surface area contributed by atoms with E-state index in [2.05, 4.69) is 9.88 Å². The Kier molecular flexibility index (Phi) is 5.03. The Morgan fingerprint density at radius 1 is 1.00 bits per heavy atom. The van der Waals surface area contributed by atoms with Crippen molar-refractivity contribution < 1.29 is 9.53 Å². The molecule has 0 radical (unpaired) electrons. The Hall–Kier alpha value is -2.92. The van der Waals surface area contributed by atoms with Crippen molar-refractivity contribution in [3.63, 3.8) is 0 Å². The highest BCUT2D eigenvalue weighted by atomic mass is 16.5. The number of pyridine rings is 1. The molecule has 1 saturated heterocycles. The number of piperazine rings is 1. The summed E-state index contributed by atoms with van der Waals surface area (Å²) < 4.78 is 5.50. The third kappa shape index (κ3) is 3.78. The van der Waals surface area contributed by atoms with Crippen LogP contribution in [0.15, 0.2) is 60.9 Å². The molecule has 1 fully saturated rings. The molecule has 1 aliphatic heterocycles. The predicted octanol–water partition coefficient (Wildman–Crippen LogP) is 3.20. The molecule has 0 aliphatic carbocycles. The lowest BCUT2D eigenvalue weighted by molar-refractivity contribution is 0.0625. The van der Waals surface area contributed by atoms with Crippen LogP contribution in [-0.2, 0) is 6.54 Å². The number of nitrogens with zero attached hydrogens (tertiary/aromatic N) is 3. The number of fused-ring (bicyclic) bond motifs is 1. The second kappa shape index (κ2) is 7.76. The second-order valence-corrected chi connectivity index (χ2v) is 6.82. The monoisotopic (exact) mass is 361 g/mol. The fraction of sp³-hybridized carbons (Fsp3) is 0.273. The summed E-state index contributed by atoms with van der Waals surface area (Å²) in [5.41, 5.74) is 1.89. The number of benzene rings is 2. The third-order valence-electron chi connectivity index (χ3n) is 5.11. The molecule has 0 unspecified atom stereocenters. The molecule has 5 nitrogen and oxygen atoms in total. The summed E-state index contributed by atoms with van der Waals surface area (Å²) in [4.78, 5) is 21.5. The van der Waals surface area contributed by atoms with Gasteiger partial charge in [0, 0.05) is 45.1 Å². The lowest BCUT2D eigenvalue weighted by atomic mass is 10.0. The highest BCUT2D eigenvalue weighted by Crippen LogP contribution is 2.27. The van der Waals surface area contributed by atoms with Crippen molar-refractivity contribution in [2.24, 2.45) is 0 Å². The normalized spacial score (nSPS) is 15.1. The number of rotatable bonds is 4. The van der Waals surface area contributed by atoms with E-state index < -0.39 is 0 Å². The van der Waals surface area contributed by atoms with Gasteiger partial charge in [0.15, 0.2) is 0 Å². The topological polar surface area (TPSA) is 45.7 Å². The van der Waals surface area contributed by atoms with E-state index in [0.717, 1.165) is 43.5 Å². The zero-order chi connectivity index (χ0) is 18.6. The minimum Gasteiger partial charge on any atom is -0.496 e. The van der Waals surface area contributed by atoms with E-state index >= 15 is 0 Å². The minimum absolute atomic E-state index is 0.0427. The molecule has 1 amide bonds. The van der Waals surface area contributed by atoms with Gasteiger partial charge in [0.1, 0.15) is 5.75 Å². The molecular formula is C22H23N3O2. The maximum atomic E-state index is 13.1. The lowest BCUT2D eigenvalue weighted by Gasteiger charge is -2.35. The van der Waals surface area contributed by atoms with Gasteiger partial charge in [-0.3, -0.25) is 14.7 Å². The van der Waals surface area contributed by atoms with E-state index in [9.17, 15) is 4.79 Å². The predicted molar refractivity (Wildman–Crippen MR) is 106 cm³/mol. The molecule has 0 saturated carbocycles. The van der Waals surface area contributed by atoms with Gasteiger partial charge in [0.25, 0.3) is 5.91 Å². The summed E-state index contributed by atoms with van der Waals surface area (Å²) in [6, 6.07) is 16.0. The zero-order valence-electron chi connectivity index (χ0n) is 15.5. The van der Waals surface area contributed by atoms with Gasteiger partial charge < -0.3 is 9.64 Å². The minimum atomic E-state index is 0.0427. The van der Waals surface area contributed by atoms with Crippen molar-refractivity contribution in [1.29, 1.82) is 0 Å². The van der Waals surface area contributed by atoms with Gasteiger partial charge in [-0.15, -0.1) is 0 Å². The summed E-state index contributed by atoms with van der Waals surface area (Å²) in [5.74, 6) is 0.680. The molecule has 1 aliphatic rings. The number of hydrogen-bond donors (Lipinski definition) is 0. The van der Waals surface area contributed by atoms with Crippen molar-refractivity contribution in [1.82, 2.24) is 14.8 Å². The van der Waals surface area contributed by atoms with Crippen molar-refractivity contribution in [3.05, 3.63) is 72.1 Å². The van der Waals surface area contributed by atoms with Crippen LogP contribution in [0.25, 0.3) is 10.8 Å². The van der Waals surface area contributed by atoms with Crippen LogP contribution in [0.5, 0.6) is 5.75 Å².